The van der Waals surface area contributed by atoms with Gasteiger partial charge in [-0.15, -0.1) is 0 Å². The highest BCUT2D eigenvalue weighted by molar-refractivity contribution is 6.31. The summed E-state index contributed by atoms with van der Waals surface area (Å²) in [5.41, 5.74) is 21.6. The first-order chi connectivity index (χ1) is 19.7. The van der Waals surface area contributed by atoms with Gasteiger partial charge >= 0.3 is 0 Å². The number of rotatable bonds is 0. The van der Waals surface area contributed by atoms with Crippen LogP contribution >= 0.6 is 11.6 Å². The summed E-state index contributed by atoms with van der Waals surface area (Å²) in [5, 5.41) is 5.07. The summed E-state index contributed by atoms with van der Waals surface area (Å²) >= 11 is 5.81. The first-order valence-corrected chi connectivity index (χ1v) is 13.4. The van der Waals surface area contributed by atoms with Gasteiger partial charge < -0.3 is 17.2 Å². The summed E-state index contributed by atoms with van der Waals surface area (Å²) in [5.74, 6) is -1.21. The molecule has 0 radical (unpaired) electrons. The minimum absolute atomic E-state index is 0. The Morgan fingerprint density at radius 3 is 1.30 bits per heavy atom. The number of benzene rings is 6. The number of fused-ring (bicyclic) bond motifs is 3. The Balaban J connectivity index is 0.000000175. The Hall–Kier alpha value is -4.49. The molecule has 6 N–H and O–H groups in total. The number of anilines is 3. The zero-order valence-corrected chi connectivity index (χ0v) is 24.3. The Kier molecular flexibility index (Phi) is 10.1. The van der Waals surface area contributed by atoms with Crippen molar-refractivity contribution in [3.05, 3.63) is 123 Å². The molecule has 224 valence electrons. The first kappa shape index (κ1) is 33.0. The van der Waals surface area contributed by atoms with E-state index in [1.54, 1.807) is 51.1 Å². The Labute approximate surface area is 253 Å². The highest BCUT2D eigenvalue weighted by atomic mass is 35.5. The lowest BCUT2D eigenvalue weighted by molar-refractivity contribution is 0.619. The van der Waals surface area contributed by atoms with Gasteiger partial charge in [0.15, 0.2) is 0 Å². The Morgan fingerprint density at radius 2 is 0.837 bits per heavy atom. The predicted molar refractivity (Wildman–Crippen MR) is 176 cm³/mol. The molecule has 0 aliphatic carbocycles. The zero-order valence-electron chi connectivity index (χ0n) is 23.6. The third-order valence-electron chi connectivity index (χ3n) is 6.87. The zero-order chi connectivity index (χ0) is 30.9. The second kappa shape index (κ2) is 13.2. The molecule has 3 nitrogen and oxygen atoms in total. The topological polar surface area (TPSA) is 78.1 Å². The van der Waals surface area contributed by atoms with Crippen LogP contribution in [0.25, 0.3) is 32.3 Å². The molecular formula is C35H34ClF4N3. The quantitative estimate of drug-likeness (QED) is 0.119. The molecule has 6 aromatic carbocycles. The molecule has 8 heteroatoms. The van der Waals surface area contributed by atoms with E-state index in [2.05, 4.69) is 0 Å². The van der Waals surface area contributed by atoms with Crippen molar-refractivity contribution in [2.75, 3.05) is 17.2 Å². The van der Waals surface area contributed by atoms with Gasteiger partial charge in [-0.25, -0.2) is 17.6 Å². The van der Waals surface area contributed by atoms with Gasteiger partial charge in [-0.05, 0) is 133 Å². The molecule has 0 atom stereocenters. The van der Waals surface area contributed by atoms with Gasteiger partial charge in [0.2, 0.25) is 0 Å². The smallest absolute Gasteiger partial charge is 0.126 e. The normalized spacial score (nSPS) is 10.5. The molecule has 0 heterocycles. The summed E-state index contributed by atoms with van der Waals surface area (Å²) in [7, 11) is 0. The van der Waals surface area contributed by atoms with E-state index in [0.717, 1.165) is 27.1 Å². The predicted octanol–water partition coefficient (Wildman–Crippen LogP) is 10.3. The van der Waals surface area contributed by atoms with Crippen LogP contribution in [0.15, 0.2) is 72.8 Å². The van der Waals surface area contributed by atoms with Crippen LogP contribution in [-0.4, -0.2) is 0 Å². The van der Waals surface area contributed by atoms with Crippen LogP contribution in [0.2, 0.25) is 5.02 Å². The van der Waals surface area contributed by atoms with E-state index in [9.17, 15) is 17.6 Å². The lowest BCUT2D eigenvalue weighted by atomic mass is 10.0. The van der Waals surface area contributed by atoms with E-state index in [1.807, 2.05) is 19.1 Å². The van der Waals surface area contributed by atoms with Gasteiger partial charge in [0, 0.05) is 38.2 Å². The first-order valence-electron chi connectivity index (χ1n) is 13.0. The molecule has 0 spiro atoms. The summed E-state index contributed by atoms with van der Waals surface area (Å²) in [6, 6.07) is 19.2. The molecule has 43 heavy (non-hydrogen) atoms. The minimum atomic E-state index is -0.446. The maximum absolute atomic E-state index is 13.3. The number of aryl methyl sites for hydroxylation is 4. The molecule has 0 saturated heterocycles. The average molecular weight is 608 g/mol. The Morgan fingerprint density at radius 1 is 0.465 bits per heavy atom. The molecule has 6 aromatic rings. The largest absolute Gasteiger partial charge is 0.398 e. The van der Waals surface area contributed by atoms with Crippen molar-refractivity contribution in [2.24, 2.45) is 0 Å². The van der Waals surface area contributed by atoms with Crippen molar-refractivity contribution >= 4 is 61.0 Å². The van der Waals surface area contributed by atoms with Crippen molar-refractivity contribution in [3.63, 3.8) is 0 Å². The molecule has 0 fully saturated rings. The number of halogens is 5. The number of hydrogen-bond acceptors (Lipinski definition) is 3. The SMILES string of the molecule is C.Cc1cc(N)c2cc(C)c(F)cc2c1.Cc1cc2c(N)cc(Cl)cc2cc1F.Cc1cc2c(N)cc(F)cc2cc1F. The van der Waals surface area contributed by atoms with E-state index >= 15 is 0 Å². The molecule has 6 rings (SSSR count). The fourth-order valence-electron chi connectivity index (χ4n) is 4.64. The fourth-order valence-corrected chi connectivity index (χ4v) is 4.88. The highest BCUT2D eigenvalue weighted by Gasteiger charge is 2.07. The molecule has 0 aliphatic heterocycles. The molecular weight excluding hydrogens is 574 g/mol. The molecule has 0 saturated carbocycles. The van der Waals surface area contributed by atoms with E-state index in [4.69, 9.17) is 28.8 Å². The van der Waals surface area contributed by atoms with Crippen LogP contribution in [0, 0.1) is 51.0 Å². The summed E-state index contributed by atoms with van der Waals surface area (Å²) < 4.78 is 52.6. The maximum Gasteiger partial charge on any atom is 0.126 e. The summed E-state index contributed by atoms with van der Waals surface area (Å²) in [6.07, 6.45) is 0. The van der Waals surface area contributed by atoms with Crippen molar-refractivity contribution in [2.45, 2.75) is 35.1 Å². The van der Waals surface area contributed by atoms with E-state index in [1.165, 1.54) is 30.3 Å². The Bertz CT molecular complexity index is 1750. The van der Waals surface area contributed by atoms with E-state index in [0.29, 0.717) is 49.5 Å². The summed E-state index contributed by atoms with van der Waals surface area (Å²) in [4.78, 5) is 0. The van der Waals surface area contributed by atoms with Gasteiger partial charge in [-0.1, -0.05) is 25.1 Å². The molecule has 0 bridgehead atoms. The van der Waals surface area contributed by atoms with Crippen LogP contribution in [0.5, 0.6) is 0 Å². The molecule has 0 amide bonds. The number of nitrogen functional groups attached to an aromatic ring is 3. The molecule has 0 aliphatic rings. The van der Waals surface area contributed by atoms with Crippen LogP contribution in [-0.2, 0) is 0 Å². The van der Waals surface area contributed by atoms with Crippen LogP contribution < -0.4 is 17.2 Å². The average Bonchev–Trinajstić information content (AvgIpc) is 2.88. The van der Waals surface area contributed by atoms with Gasteiger partial charge in [0.25, 0.3) is 0 Å². The summed E-state index contributed by atoms with van der Waals surface area (Å²) in [6.45, 7) is 7.06. The van der Waals surface area contributed by atoms with Crippen LogP contribution in [0.4, 0.5) is 34.6 Å². The van der Waals surface area contributed by atoms with Crippen molar-refractivity contribution < 1.29 is 17.6 Å². The second-order valence-electron chi connectivity index (χ2n) is 10.3. The van der Waals surface area contributed by atoms with Crippen LogP contribution in [0.3, 0.4) is 0 Å². The van der Waals surface area contributed by atoms with E-state index in [-0.39, 0.29) is 24.9 Å². The van der Waals surface area contributed by atoms with Gasteiger partial charge in [-0.2, -0.15) is 0 Å². The molecule has 0 unspecified atom stereocenters. The second-order valence-corrected chi connectivity index (χ2v) is 10.7. The van der Waals surface area contributed by atoms with Crippen molar-refractivity contribution in [1.29, 1.82) is 0 Å². The maximum atomic E-state index is 13.3. The van der Waals surface area contributed by atoms with Gasteiger partial charge in [0.1, 0.15) is 23.3 Å². The number of hydrogen-bond donors (Lipinski definition) is 3. The number of nitrogens with two attached hydrogens (primary N) is 3. The third kappa shape index (κ3) is 7.48. The lowest BCUT2D eigenvalue weighted by Gasteiger charge is -2.06. The van der Waals surface area contributed by atoms with Crippen LogP contribution in [0.1, 0.15) is 29.7 Å². The highest BCUT2D eigenvalue weighted by Crippen LogP contribution is 2.29. The van der Waals surface area contributed by atoms with Gasteiger partial charge in [0.05, 0.1) is 0 Å². The third-order valence-corrected chi connectivity index (χ3v) is 7.08. The molecule has 0 aromatic heterocycles. The van der Waals surface area contributed by atoms with Crippen molar-refractivity contribution in [3.8, 4) is 0 Å². The standard InChI is InChI=1S/C12H12FN.C11H9ClFN.C11H9F2N.CH4/c1-7-3-9-6-11(13)8(2)5-10(9)12(14)4-7;2*1-6-2-9-7(4-10(6)13)3-8(12)5-11(9)14;/h3-6H,14H2,1-2H3;2*2-5H,14H2,1H3;1H4. The van der Waals surface area contributed by atoms with Gasteiger partial charge in [-0.3, -0.25) is 0 Å². The lowest BCUT2D eigenvalue weighted by Crippen LogP contribution is -1.91. The fraction of sp³-hybridized carbons (Fsp3) is 0.143. The van der Waals surface area contributed by atoms with Crippen molar-refractivity contribution in [1.82, 2.24) is 0 Å². The van der Waals surface area contributed by atoms with E-state index < -0.39 is 5.82 Å². The monoisotopic (exact) mass is 607 g/mol. The minimum Gasteiger partial charge on any atom is -0.398 e.